The highest BCUT2D eigenvalue weighted by Gasteiger charge is 2.19. The van der Waals surface area contributed by atoms with Crippen LogP contribution in [-0.2, 0) is 10.8 Å². The number of anilines is 2. The molecule has 2 N–H and O–H groups in total. The highest BCUT2D eigenvalue weighted by Crippen LogP contribution is 2.28. The van der Waals surface area contributed by atoms with Crippen molar-refractivity contribution in [3.8, 4) is 0 Å². The molecule has 0 aliphatic carbocycles. The van der Waals surface area contributed by atoms with Crippen molar-refractivity contribution in [2.24, 2.45) is 0 Å². The average Bonchev–Trinajstić information content (AvgIpc) is 2.84. The maximum Gasteiger partial charge on any atom is 0.206 e. The van der Waals surface area contributed by atoms with Crippen LogP contribution in [0.4, 0.5) is 11.1 Å². The number of thiazole rings is 1. The Bertz CT molecular complexity index is 504. The fourth-order valence-electron chi connectivity index (χ4n) is 1.54. The predicted molar refractivity (Wildman–Crippen MR) is 81.4 cm³/mol. The van der Waals surface area contributed by atoms with Gasteiger partial charge in [-0.15, -0.1) is 11.3 Å². The van der Waals surface area contributed by atoms with Crippen LogP contribution < -0.4 is 5.32 Å². The highest BCUT2D eigenvalue weighted by atomic mass is 32.1. The van der Waals surface area contributed by atoms with Crippen molar-refractivity contribution in [3.05, 3.63) is 23.0 Å². The molecule has 4 nitrogen and oxygen atoms in total. The molecule has 0 saturated carbocycles. The summed E-state index contributed by atoms with van der Waals surface area (Å²) < 4.78 is 0. The van der Waals surface area contributed by atoms with Crippen molar-refractivity contribution in [1.29, 1.82) is 0 Å². The standard InChI is InChI=1S/C14H22N4S/c1-13(2,3)9-7-15-11(16-9)18-12-17-10(8-19-12)14(4,5)6/h7-8H,1-6H3,(H2,15,16,17,18). The summed E-state index contributed by atoms with van der Waals surface area (Å²) in [5.41, 5.74) is 2.37. The molecule has 2 aromatic heterocycles. The van der Waals surface area contributed by atoms with Gasteiger partial charge < -0.3 is 10.3 Å². The van der Waals surface area contributed by atoms with Gasteiger partial charge in [-0.05, 0) is 0 Å². The molecule has 0 aromatic carbocycles. The van der Waals surface area contributed by atoms with E-state index in [0.717, 1.165) is 22.5 Å². The zero-order valence-corrected chi connectivity index (χ0v) is 13.3. The van der Waals surface area contributed by atoms with Crippen LogP contribution in [0.1, 0.15) is 52.9 Å². The third kappa shape index (κ3) is 3.35. The van der Waals surface area contributed by atoms with Crippen LogP contribution in [-0.4, -0.2) is 15.0 Å². The Labute approximate surface area is 118 Å². The van der Waals surface area contributed by atoms with Crippen LogP contribution in [0.3, 0.4) is 0 Å². The van der Waals surface area contributed by atoms with Crippen LogP contribution in [0.2, 0.25) is 0 Å². The Morgan fingerprint density at radius 3 is 2.26 bits per heavy atom. The number of hydrogen-bond donors (Lipinski definition) is 2. The number of imidazole rings is 1. The second-order valence-electron chi connectivity index (χ2n) is 6.81. The second-order valence-corrected chi connectivity index (χ2v) is 7.67. The summed E-state index contributed by atoms with van der Waals surface area (Å²) >= 11 is 1.61. The maximum absolute atomic E-state index is 4.60. The minimum Gasteiger partial charge on any atom is -0.327 e. The summed E-state index contributed by atoms with van der Waals surface area (Å²) in [4.78, 5) is 12.2. The van der Waals surface area contributed by atoms with Crippen molar-refractivity contribution in [2.75, 3.05) is 5.32 Å². The molecule has 0 unspecified atom stereocenters. The van der Waals surface area contributed by atoms with Gasteiger partial charge in [0.15, 0.2) is 5.13 Å². The number of rotatable bonds is 2. The first-order valence-electron chi connectivity index (χ1n) is 6.45. The molecular weight excluding hydrogens is 256 g/mol. The van der Waals surface area contributed by atoms with Crippen molar-refractivity contribution in [3.63, 3.8) is 0 Å². The van der Waals surface area contributed by atoms with Gasteiger partial charge in [0.2, 0.25) is 5.95 Å². The van der Waals surface area contributed by atoms with Crippen LogP contribution >= 0.6 is 11.3 Å². The first-order valence-corrected chi connectivity index (χ1v) is 7.33. The quantitative estimate of drug-likeness (QED) is 0.865. The zero-order chi connectivity index (χ0) is 14.3. The van der Waals surface area contributed by atoms with Crippen molar-refractivity contribution in [2.45, 2.75) is 52.4 Å². The number of nitrogens with zero attached hydrogens (tertiary/aromatic N) is 2. The number of nitrogens with one attached hydrogen (secondary N) is 2. The van der Waals surface area contributed by atoms with Crippen molar-refractivity contribution in [1.82, 2.24) is 15.0 Å². The van der Waals surface area contributed by atoms with Gasteiger partial charge in [-0.2, -0.15) is 0 Å². The van der Waals surface area contributed by atoms with Crippen molar-refractivity contribution < 1.29 is 0 Å². The van der Waals surface area contributed by atoms with Crippen LogP contribution in [0.25, 0.3) is 0 Å². The molecule has 0 atom stereocenters. The van der Waals surface area contributed by atoms with E-state index in [4.69, 9.17) is 0 Å². The molecule has 19 heavy (non-hydrogen) atoms. The Balaban J connectivity index is 2.14. The van der Waals surface area contributed by atoms with Crippen molar-refractivity contribution >= 4 is 22.4 Å². The lowest BCUT2D eigenvalue weighted by molar-refractivity contribution is 0.572. The molecule has 5 heteroatoms. The smallest absolute Gasteiger partial charge is 0.206 e. The number of aromatic amines is 1. The van der Waals surface area contributed by atoms with E-state index in [1.807, 2.05) is 6.20 Å². The van der Waals surface area contributed by atoms with E-state index in [-0.39, 0.29) is 10.8 Å². The molecule has 2 heterocycles. The monoisotopic (exact) mass is 278 g/mol. The second kappa shape index (κ2) is 4.63. The summed E-state index contributed by atoms with van der Waals surface area (Å²) in [6, 6.07) is 0. The maximum atomic E-state index is 4.60. The van der Waals surface area contributed by atoms with Gasteiger partial charge in [-0.1, -0.05) is 41.5 Å². The molecule has 0 fully saturated rings. The summed E-state index contributed by atoms with van der Waals surface area (Å²) in [7, 11) is 0. The number of hydrogen-bond acceptors (Lipinski definition) is 4. The average molecular weight is 278 g/mol. The Kier molecular flexibility index (Phi) is 3.43. The van der Waals surface area contributed by atoms with Gasteiger partial charge in [-0.3, -0.25) is 0 Å². The molecule has 104 valence electrons. The molecule has 0 amide bonds. The van der Waals surface area contributed by atoms with E-state index in [1.165, 1.54) is 0 Å². The van der Waals surface area contributed by atoms with E-state index < -0.39 is 0 Å². The molecule has 0 aliphatic rings. The molecule has 0 bridgehead atoms. The Morgan fingerprint density at radius 2 is 1.79 bits per heavy atom. The summed E-state index contributed by atoms with van der Waals surface area (Å²) in [6.07, 6.45) is 1.88. The molecule has 2 aromatic rings. The first-order chi connectivity index (χ1) is 8.66. The molecule has 0 radical (unpaired) electrons. The van der Waals surface area contributed by atoms with Crippen LogP contribution in [0, 0.1) is 0 Å². The van der Waals surface area contributed by atoms with E-state index in [9.17, 15) is 0 Å². The van der Waals surface area contributed by atoms with Gasteiger partial charge in [0.1, 0.15) is 0 Å². The lowest BCUT2D eigenvalue weighted by Gasteiger charge is -2.15. The normalized spacial score (nSPS) is 12.7. The number of H-pyrrole nitrogens is 1. The molecule has 0 spiro atoms. The minimum atomic E-state index is 0.0758. The minimum absolute atomic E-state index is 0.0758. The molecule has 0 aliphatic heterocycles. The third-order valence-electron chi connectivity index (χ3n) is 2.88. The highest BCUT2D eigenvalue weighted by molar-refractivity contribution is 7.13. The summed E-state index contributed by atoms with van der Waals surface area (Å²) in [5.74, 6) is 0.750. The van der Waals surface area contributed by atoms with Gasteiger partial charge in [0.25, 0.3) is 0 Å². The Hall–Kier alpha value is -1.36. The fourth-order valence-corrected chi connectivity index (χ4v) is 2.48. The van der Waals surface area contributed by atoms with Gasteiger partial charge in [0.05, 0.1) is 11.9 Å². The van der Waals surface area contributed by atoms with E-state index in [1.54, 1.807) is 11.3 Å². The first kappa shape index (κ1) is 14.1. The third-order valence-corrected chi connectivity index (χ3v) is 3.64. The fraction of sp³-hybridized carbons (Fsp3) is 0.571. The molecule has 2 rings (SSSR count). The SMILES string of the molecule is CC(C)(C)c1csc(Nc2ncc(C(C)(C)C)[nH]2)n1. The predicted octanol–water partition coefficient (Wildman–Crippen LogP) is 4.20. The zero-order valence-electron chi connectivity index (χ0n) is 12.5. The topological polar surface area (TPSA) is 53.6 Å². The van der Waals surface area contributed by atoms with E-state index in [0.29, 0.717) is 0 Å². The lowest BCUT2D eigenvalue weighted by atomic mass is 9.93. The van der Waals surface area contributed by atoms with Gasteiger partial charge >= 0.3 is 0 Å². The van der Waals surface area contributed by atoms with E-state index in [2.05, 4.69) is 67.2 Å². The summed E-state index contributed by atoms with van der Waals surface area (Å²) in [6.45, 7) is 13.0. The molecule has 0 saturated heterocycles. The number of aromatic nitrogens is 3. The van der Waals surface area contributed by atoms with Crippen LogP contribution in [0.15, 0.2) is 11.6 Å². The lowest BCUT2D eigenvalue weighted by Crippen LogP contribution is -2.12. The Morgan fingerprint density at radius 1 is 1.11 bits per heavy atom. The summed E-state index contributed by atoms with van der Waals surface area (Å²) in [5, 5.41) is 6.20. The largest absolute Gasteiger partial charge is 0.327 e. The van der Waals surface area contributed by atoms with E-state index >= 15 is 0 Å². The van der Waals surface area contributed by atoms with Gasteiger partial charge in [0, 0.05) is 21.9 Å². The van der Waals surface area contributed by atoms with Gasteiger partial charge in [-0.25, -0.2) is 9.97 Å². The van der Waals surface area contributed by atoms with Crippen LogP contribution in [0.5, 0.6) is 0 Å². The molecular formula is C14H22N4S.